The van der Waals surface area contributed by atoms with Crippen LogP contribution in [0.3, 0.4) is 0 Å². The summed E-state index contributed by atoms with van der Waals surface area (Å²) in [6.07, 6.45) is 0.547. The molecule has 0 fully saturated rings. The maximum absolute atomic E-state index is 12.4. The molecule has 0 radical (unpaired) electrons. The summed E-state index contributed by atoms with van der Waals surface area (Å²) in [7, 11) is -2.07. The van der Waals surface area contributed by atoms with Gasteiger partial charge in [0.25, 0.3) is 5.56 Å². The lowest BCUT2D eigenvalue weighted by Gasteiger charge is -2.13. The highest BCUT2D eigenvalue weighted by molar-refractivity contribution is 8.00. The van der Waals surface area contributed by atoms with E-state index in [0.717, 1.165) is 5.56 Å². The Hall–Kier alpha value is -2.21. The van der Waals surface area contributed by atoms with E-state index in [1.54, 1.807) is 32.2 Å². The van der Waals surface area contributed by atoms with Crippen molar-refractivity contribution in [3.63, 3.8) is 0 Å². The third-order valence-electron chi connectivity index (χ3n) is 4.26. The number of sulfonamides is 1. The van der Waals surface area contributed by atoms with Gasteiger partial charge < -0.3 is 5.32 Å². The van der Waals surface area contributed by atoms with Crippen molar-refractivity contribution >= 4 is 49.2 Å². The van der Waals surface area contributed by atoms with Gasteiger partial charge in [0.05, 0.1) is 15.7 Å². The minimum absolute atomic E-state index is 0.0519. The summed E-state index contributed by atoms with van der Waals surface area (Å²) >= 11 is 2.57. The van der Waals surface area contributed by atoms with Crippen molar-refractivity contribution in [2.45, 2.75) is 28.6 Å². The van der Waals surface area contributed by atoms with E-state index in [4.69, 9.17) is 5.14 Å². The van der Waals surface area contributed by atoms with Crippen molar-refractivity contribution in [3.05, 3.63) is 51.6 Å². The molecule has 2 aromatic heterocycles. The van der Waals surface area contributed by atoms with Crippen LogP contribution in [0.25, 0.3) is 10.2 Å². The van der Waals surface area contributed by atoms with Crippen LogP contribution in [0.4, 0.5) is 0 Å². The Morgan fingerprint density at radius 2 is 2.00 bits per heavy atom. The summed E-state index contributed by atoms with van der Waals surface area (Å²) in [4.78, 5) is 29.3. The standard InChI is InChI=1S/C18H20N4O4S3/c1-11(28-18-21-14-8-10-27-15(14)17(24)22(18)2)16(23)20-9-7-12-3-5-13(6-4-12)29(19,25)26/h3-6,8,10-11H,7,9H2,1-2H3,(H,20,23)(H2,19,25,26)/t11-/m0/s1. The molecule has 0 aliphatic carbocycles. The lowest BCUT2D eigenvalue weighted by molar-refractivity contribution is -0.120. The Morgan fingerprint density at radius 3 is 2.66 bits per heavy atom. The Morgan fingerprint density at radius 1 is 1.31 bits per heavy atom. The van der Waals surface area contributed by atoms with Crippen molar-refractivity contribution in [3.8, 4) is 0 Å². The van der Waals surface area contributed by atoms with E-state index in [2.05, 4.69) is 10.3 Å². The summed E-state index contributed by atoms with van der Waals surface area (Å²) in [5, 5.41) is 9.79. The number of thioether (sulfide) groups is 1. The fraction of sp³-hybridized carbons (Fsp3) is 0.278. The lowest BCUT2D eigenvalue weighted by atomic mass is 10.1. The van der Waals surface area contributed by atoms with Crippen LogP contribution in [-0.4, -0.2) is 35.7 Å². The van der Waals surface area contributed by atoms with Gasteiger partial charge in [-0.15, -0.1) is 11.3 Å². The SMILES string of the molecule is C[C@H](Sc1nc2ccsc2c(=O)n1C)C(=O)NCCc1ccc(S(N)(=O)=O)cc1. The maximum Gasteiger partial charge on any atom is 0.271 e. The van der Waals surface area contributed by atoms with Crippen molar-refractivity contribution in [2.75, 3.05) is 6.54 Å². The molecule has 1 atom stereocenters. The Balaban J connectivity index is 1.57. The van der Waals surface area contributed by atoms with E-state index < -0.39 is 15.3 Å². The topological polar surface area (TPSA) is 124 Å². The second kappa shape index (κ2) is 8.66. The summed E-state index contributed by atoms with van der Waals surface area (Å²) in [5.41, 5.74) is 1.39. The van der Waals surface area contributed by atoms with Crippen molar-refractivity contribution in [1.82, 2.24) is 14.9 Å². The molecule has 11 heteroatoms. The van der Waals surface area contributed by atoms with Gasteiger partial charge in [0.15, 0.2) is 5.16 Å². The zero-order valence-corrected chi connectivity index (χ0v) is 18.2. The molecule has 3 rings (SSSR count). The molecule has 3 N–H and O–H groups in total. The van der Waals surface area contributed by atoms with Crippen LogP contribution in [0.2, 0.25) is 0 Å². The van der Waals surface area contributed by atoms with Crippen LogP contribution in [0.5, 0.6) is 0 Å². The number of benzene rings is 1. The second-order valence-electron chi connectivity index (χ2n) is 6.38. The van der Waals surface area contributed by atoms with Crippen LogP contribution >= 0.6 is 23.1 Å². The molecule has 0 bridgehead atoms. The Bertz CT molecular complexity index is 1200. The van der Waals surface area contributed by atoms with Crippen molar-refractivity contribution in [2.24, 2.45) is 12.2 Å². The number of primary sulfonamides is 1. The predicted octanol–water partition coefficient (Wildman–Crippen LogP) is 1.48. The molecular formula is C18H20N4O4S3. The van der Waals surface area contributed by atoms with Crippen LogP contribution in [-0.2, 0) is 28.3 Å². The molecule has 1 aromatic carbocycles. The number of nitrogens with two attached hydrogens (primary N) is 1. The summed E-state index contributed by atoms with van der Waals surface area (Å²) < 4.78 is 24.6. The Kier molecular flexibility index (Phi) is 6.42. The number of hydrogen-bond donors (Lipinski definition) is 2. The zero-order valence-electron chi connectivity index (χ0n) is 15.8. The number of nitrogens with one attached hydrogen (secondary N) is 1. The molecule has 0 aliphatic rings. The van der Waals surface area contributed by atoms with Crippen molar-refractivity contribution < 1.29 is 13.2 Å². The highest BCUT2D eigenvalue weighted by Crippen LogP contribution is 2.23. The van der Waals surface area contributed by atoms with Crippen molar-refractivity contribution in [1.29, 1.82) is 0 Å². The number of thiophene rings is 1. The molecule has 29 heavy (non-hydrogen) atoms. The lowest BCUT2D eigenvalue weighted by Crippen LogP contribution is -2.33. The summed E-state index contributed by atoms with van der Waals surface area (Å²) in [5.74, 6) is -0.171. The second-order valence-corrected chi connectivity index (χ2v) is 10.2. The average Bonchev–Trinajstić information content (AvgIpc) is 3.14. The van der Waals surface area contributed by atoms with Gasteiger partial charge in [0, 0.05) is 13.6 Å². The number of rotatable bonds is 7. The third kappa shape index (κ3) is 5.04. The highest BCUT2D eigenvalue weighted by atomic mass is 32.2. The molecule has 3 aromatic rings. The van der Waals surface area contributed by atoms with E-state index in [1.807, 2.05) is 5.38 Å². The molecule has 0 unspecified atom stereocenters. The number of carbonyl (C=O) groups excluding carboxylic acids is 1. The molecule has 0 saturated heterocycles. The van der Waals surface area contributed by atoms with Gasteiger partial charge >= 0.3 is 0 Å². The zero-order chi connectivity index (χ0) is 21.2. The first kappa shape index (κ1) is 21.5. The van der Waals surface area contributed by atoms with E-state index in [-0.39, 0.29) is 16.4 Å². The van der Waals surface area contributed by atoms with E-state index in [1.165, 1.54) is 39.8 Å². The number of hydrogen-bond acceptors (Lipinski definition) is 7. The monoisotopic (exact) mass is 452 g/mol. The number of nitrogens with zero attached hydrogens (tertiary/aromatic N) is 2. The van der Waals surface area contributed by atoms with Crippen LogP contribution in [0, 0.1) is 0 Å². The minimum Gasteiger partial charge on any atom is -0.355 e. The maximum atomic E-state index is 12.4. The van der Waals surface area contributed by atoms with Crippen LogP contribution < -0.4 is 16.0 Å². The van der Waals surface area contributed by atoms with Gasteiger partial charge in [0.1, 0.15) is 4.70 Å². The fourth-order valence-corrected chi connectivity index (χ4v) is 4.82. The van der Waals surface area contributed by atoms with Crippen LogP contribution in [0.1, 0.15) is 12.5 Å². The smallest absolute Gasteiger partial charge is 0.271 e. The number of aromatic nitrogens is 2. The number of fused-ring (bicyclic) bond motifs is 1. The molecule has 2 heterocycles. The molecular weight excluding hydrogens is 432 g/mol. The predicted molar refractivity (Wildman–Crippen MR) is 115 cm³/mol. The minimum atomic E-state index is -3.71. The third-order valence-corrected chi connectivity index (χ3v) is 7.23. The number of amides is 1. The van der Waals surface area contributed by atoms with Gasteiger partial charge in [-0.1, -0.05) is 23.9 Å². The van der Waals surface area contributed by atoms with E-state index in [9.17, 15) is 18.0 Å². The van der Waals surface area contributed by atoms with Gasteiger partial charge in [-0.2, -0.15) is 0 Å². The molecule has 154 valence electrons. The summed E-state index contributed by atoms with van der Waals surface area (Å²) in [6, 6.07) is 8.01. The largest absolute Gasteiger partial charge is 0.355 e. The summed E-state index contributed by atoms with van der Waals surface area (Å²) in [6.45, 7) is 2.15. The molecule has 0 aliphatic heterocycles. The van der Waals surface area contributed by atoms with Gasteiger partial charge in [-0.25, -0.2) is 18.5 Å². The molecule has 1 amide bonds. The first-order chi connectivity index (χ1) is 13.7. The molecule has 0 saturated carbocycles. The van der Waals surface area contributed by atoms with Gasteiger partial charge in [-0.3, -0.25) is 14.2 Å². The van der Waals surface area contributed by atoms with Gasteiger partial charge in [0.2, 0.25) is 15.9 Å². The fourth-order valence-electron chi connectivity index (χ4n) is 2.60. The average molecular weight is 453 g/mol. The number of carbonyl (C=O) groups is 1. The normalized spacial score (nSPS) is 12.8. The highest BCUT2D eigenvalue weighted by Gasteiger charge is 2.18. The first-order valence-electron chi connectivity index (χ1n) is 8.67. The van der Waals surface area contributed by atoms with E-state index >= 15 is 0 Å². The molecule has 8 nitrogen and oxygen atoms in total. The van der Waals surface area contributed by atoms with Crippen LogP contribution in [0.15, 0.2) is 50.6 Å². The van der Waals surface area contributed by atoms with Gasteiger partial charge in [-0.05, 0) is 42.5 Å². The molecule has 0 spiro atoms. The quantitative estimate of drug-likeness (QED) is 0.413. The first-order valence-corrected chi connectivity index (χ1v) is 12.0. The van der Waals surface area contributed by atoms with E-state index in [0.29, 0.717) is 28.3 Å². The Labute approximate surface area is 176 Å².